The van der Waals surface area contributed by atoms with Crippen molar-refractivity contribution in [2.24, 2.45) is 0 Å². The smallest absolute Gasteiger partial charge is 0.240 e. The number of nitrogens with zero attached hydrogens (tertiary/aromatic N) is 1. The Morgan fingerprint density at radius 3 is 2.94 bits per heavy atom. The van der Waals surface area contributed by atoms with Crippen molar-refractivity contribution >= 4 is 16.8 Å². The van der Waals surface area contributed by atoms with E-state index in [4.69, 9.17) is 5.11 Å². The van der Waals surface area contributed by atoms with Crippen molar-refractivity contribution in [1.29, 1.82) is 0 Å². The van der Waals surface area contributed by atoms with Gasteiger partial charge < -0.3 is 15.0 Å². The van der Waals surface area contributed by atoms with Crippen LogP contribution in [0.3, 0.4) is 0 Å². The van der Waals surface area contributed by atoms with E-state index in [1.165, 1.54) is 0 Å². The third-order valence-corrected chi connectivity index (χ3v) is 3.27. The number of carbonyl (C=O) groups excluding carboxylic acids is 1. The number of aromatic nitrogens is 1. The molecule has 0 saturated heterocycles. The van der Waals surface area contributed by atoms with Gasteiger partial charge in [-0.1, -0.05) is 6.07 Å². The van der Waals surface area contributed by atoms with Crippen LogP contribution in [0.25, 0.3) is 10.9 Å². The first-order chi connectivity index (χ1) is 8.76. The summed E-state index contributed by atoms with van der Waals surface area (Å²) in [7, 11) is 0. The first kappa shape index (κ1) is 11.3. The highest BCUT2D eigenvalue weighted by Gasteiger charge is 2.23. The summed E-state index contributed by atoms with van der Waals surface area (Å²) in [5, 5.41) is 13.1. The Morgan fingerprint density at radius 2 is 2.22 bits per heavy atom. The van der Waals surface area contributed by atoms with Crippen molar-refractivity contribution in [2.45, 2.75) is 32.0 Å². The zero-order chi connectivity index (χ0) is 12.5. The lowest BCUT2D eigenvalue weighted by atomic mass is 10.2. The number of hydrogen-bond acceptors (Lipinski definition) is 2. The van der Waals surface area contributed by atoms with Crippen LogP contribution in [-0.2, 0) is 17.9 Å². The number of benzene rings is 1. The topological polar surface area (TPSA) is 54.3 Å². The zero-order valence-electron chi connectivity index (χ0n) is 10.1. The molecule has 18 heavy (non-hydrogen) atoms. The molecule has 1 heterocycles. The lowest BCUT2D eigenvalue weighted by Crippen LogP contribution is -2.28. The second-order valence-electron chi connectivity index (χ2n) is 4.84. The zero-order valence-corrected chi connectivity index (χ0v) is 10.1. The number of aliphatic hydroxyl groups is 1. The second-order valence-corrected chi connectivity index (χ2v) is 4.84. The van der Waals surface area contributed by atoms with Crippen LogP contribution >= 0.6 is 0 Å². The van der Waals surface area contributed by atoms with Crippen LogP contribution < -0.4 is 5.32 Å². The van der Waals surface area contributed by atoms with Gasteiger partial charge in [0, 0.05) is 17.8 Å². The van der Waals surface area contributed by atoms with Crippen LogP contribution in [0.5, 0.6) is 0 Å². The number of hydrogen-bond donors (Lipinski definition) is 2. The maximum Gasteiger partial charge on any atom is 0.240 e. The Bertz CT molecular complexity index is 584. The van der Waals surface area contributed by atoms with Crippen molar-refractivity contribution in [3.63, 3.8) is 0 Å². The number of amides is 1. The SMILES string of the molecule is O=C(Cn1ccc2cc(CO)ccc21)NC1CC1. The number of carbonyl (C=O) groups is 1. The lowest BCUT2D eigenvalue weighted by molar-refractivity contribution is -0.121. The van der Waals surface area contributed by atoms with Crippen LogP contribution in [0, 0.1) is 0 Å². The van der Waals surface area contributed by atoms with Crippen molar-refractivity contribution in [3.05, 3.63) is 36.0 Å². The van der Waals surface area contributed by atoms with Gasteiger partial charge in [-0.3, -0.25) is 4.79 Å². The molecule has 0 spiro atoms. The molecule has 1 saturated carbocycles. The van der Waals surface area contributed by atoms with Gasteiger partial charge in [0.1, 0.15) is 6.54 Å². The minimum Gasteiger partial charge on any atom is -0.392 e. The number of aliphatic hydroxyl groups excluding tert-OH is 1. The predicted octanol–water partition coefficient (Wildman–Crippen LogP) is 1.41. The van der Waals surface area contributed by atoms with E-state index in [0.717, 1.165) is 29.3 Å². The second kappa shape index (κ2) is 4.46. The molecule has 2 aromatic rings. The quantitative estimate of drug-likeness (QED) is 0.854. The Balaban J connectivity index is 1.81. The molecule has 1 aliphatic carbocycles. The molecule has 1 amide bonds. The molecule has 0 aliphatic heterocycles. The van der Waals surface area contributed by atoms with E-state index in [1.54, 1.807) is 0 Å². The van der Waals surface area contributed by atoms with Gasteiger partial charge in [-0.25, -0.2) is 0 Å². The Morgan fingerprint density at radius 1 is 1.39 bits per heavy atom. The van der Waals surface area contributed by atoms with Gasteiger partial charge in [0.25, 0.3) is 0 Å². The summed E-state index contributed by atoms with van der Waals surface area (Å²) < 4.78 is 1.94. The van der Waals surface area contributed by atoms with Gasteiger partial charge in [-0.15, -0.1) is 0 Å². The highest BCUT2D eigenvalue weighted by atomic mass is 16.3. The molecule has 2 N–H and O–H groups in total. The summed E-state index contributed by atoms with van der Waals surface area (Å²) in [6.07, 6.45) is 4.13. The van der Waals surface area contributed by atoms with Gasteiger partial charge in [-0.2, -0.15) is 0 Å². The number of rotatable bonds is 4. The summed E-state index contributed by atoms with van der Waals surface area (Å²) in [6, 6.07) is 8.16. The first-order valence-electron chi connectivity index (χ1n) is 6.24. The molecule has 1 aliphatic rings. The van der Waals surface area contributed by atoms with E-state index in [0.29, 0.717) is 12.6 Å². The molecule has 94 valence electrons. The molecule has 1 fully saturated rings. The Labute approximate surface area is 105 Å². The Hall–Kier alpha value is -1.81. The molecule has 0 unspecified atom stereocenters. The maximum absolute atomic E-state index is 11.8. The summed E-state index contributed by atoms with van der Waals surface area (Å²) >= 11 is 0. The van der Waals surface area contributed by atoms with Gasteiger partial charge >= 0.3 is 0 Å². The van der Waals surface area contributed by atoms with E-state index in [-0.39, 0.29) is 12.5 Å². The monoisotopic (exact) mass is 244 g/mol. The first-order valence-corrected chi connectivity index (χ1v) is 6.24. The number of fused-ring (bicyclic) bond motifs is 1. The Kier molecular flexibility index (Phi) is 2.80. The van der Waals surface area contributed by atoms with Crippen molar-refractivity contribution in [2.75, 3.05) is 0 Å². The summed E-state index contributed by atoms with van der Waals surface area (Å²) in [5.41, 5.74) is 1.92. The molecule has 1 aromatic heterocycles. The molecule has 4 heteroatoms. The van der Waals surface area contributed by atoms with E-state index in [2.05, 4.69) is 5.32 Å². The molecule has 0 bridgehead atoms. The summed E-state index contributed by atoms with van der Waals surface area (Å²) in [5.74, 6) is 0.0706. The molecule has 1 aromatic carbocycles. The van der Waals surface area contributed by atoms with Crippen LogP contribution in [0.2, 0.25) is 0 Å². The van der Waals surface area contributed by atoms with Crippen molar-refractivity contribution < 1.29 is 9.90 Å². The highest BCUT2D eigenvalue weighted by Crippen LogP contribution is 2.20. The largest absolute Gasteiger partial charge is 0.392 e. The summed E-state index contributed by atoms with van der Waals surface area (Å²) in [4.78, 5) is 11.8. The van der Waals surface area contributed by atoms with Crippen molar-refractivity contribution in [1.82, 2.24) is 9.88 Å². The van der Waals surface area contributed by atoms with Crippen LogP contribution in [0.15, 0.2) is 30.5 Å². The average molecular weight is 244 g/mol. The summed E-state index contributed by atoms with van der Waals surface area (Å²) in [6.45, 7) is 0.405. The predicted molar refractivity (Wildman–Crippen MR) is 69.0 cm³/mol. The molecule has 4 nitrogen and oxygen atoms in total. The molecule has 3 rings (SSSR count). The van der Waals surface area contributed by atoms with Crippen LogP contribution in [0.1, 0.15) is 18.4 Å². The fourth-order valence-corrected chi connectivity index (χ4v) is 2.14. The standard InChI is InChI=1S/C14H16N2O2/c17-9-10-1-4-13-11(7-10)5-6-16(13)8-14(18)15-12-2-3-12/h1,4-7,12,17H,2-3,8-9H2,(H,15,18). The van der Waals surface area contributed by atoms with E-state index in [9.17, 15) is 4.79 Å². The van der Waals surface area contributed by atoms with Gasteiger partial charge in [0.2, 0.25) is 5.91 Å². The maximum atomic E-state index is 11.8. The van der Waals surface area contributed by atoms with E-state index >= 15 is 0 Å². The van der Waals surface area contributed by atoms with Gasteiger partial charge in [-0.05, 0) is 42.0 Å². The average Bonchev–Trinajstić information content (AvgIpc) is 3.10. The normalized spacial score (nSPS) is 14.9. The fraction of sp³-hybridized carbons (Fsp3) is 0.357. The van der Waals surface area contributed by atoms with E-state index < -0.39 is 0 Å². The minimum atomic E-state index is 0.0449. The lowest BCUT2D eigenvalue weighted by Gasteiger charge is -2.06. The molecular formula is C14H16N2O2. The molecular weight excluding hydrogens is 228 g/mol. The van der Waals surface area contributed by atoms with Gasteiger partial charge in [0.15, 0.2) is 0 Å². The van der Waals surface area contributed by atoms with E-state index in [1.807, 2.05) is 35.0 Å². The molecule has 0 atom stereocenters. The third-order valence-electron chi connectivity index (χ3n) is 3.27. The van der Waals surface area contributed by atoms with Gasteiger partial charge in [0.05, 0.1) is 6.61 Å². The highest BCUT2D eigenvalue weighted by molar-refractivity contribution is 5.84. The van der Waals surface area contributed by atoms with Crippen LogP contribution in [-0.4, -0.2) is 21.6 Å². The third kappa shape index (κ3) is 2.24. The minimum absolute atomic E-state index is 0.0449. The fourth-order valence-electron chi connectivity index (χ4n) is 2.14. The number of nitrogens with one attached hydrogen (secondary N) is 1. The molecule has 0 radical (unpaired) electrons. The van der Waals surface area contributed by atoms with Crippen LogP contribution in [0.4, 0.5) is 0 Å². The van der Waals surface area contributed by atoms with Crippen molar-refractivity contribution in [3.8, 4) is 0 Å².